The molecule has 0 aromatic heterocycles. The molecule has 24 heavy (non-hydrogen) atoms. The third kappa shape index (κ3) is 2.17. The number of phenolic OH excluding ortho intramolecular Hbond substituents is 1. The summed E-state index contributed by atoms with van der Waals surface area (Å²) in [5.74, 6) is -0.302. The number of amides is 1. The van der Waals surface area contributed by atoms with Gasteiger partial charge in [-0.15, -0.1) is 0 Å². The molecule has 1 amide bonds. The zero-order chi connectivity index (χ0) is 16.8. The van der Waals surface area contributed by atoms with Crippen LogP contribution in [0, 0.1) is 11.7 Å². The van der Waals surface area contributed by atoms with Crippen molar-refractivity contribution in [3.8, 4) is 11.5 Å². The molecule has 2 aromatic rings. The monoisotopic (exact) mass is 328 g/mol. The van der Waals surface area contributed by atoms with Crippen molar-refractivity contribution >= 4 is 11.8 Å². The number of nitrogens with zero attached hydrogens (tertiary/aromatic N) is 2. The van der Waals surface area contributed by atoms with Gasteiger partial charge in [0.1, 0.15) is 17.3 Å². The molecule has 2 atom stereocenters. The smallest absolute Gasteiger partial charge is 0.428 e. The fourth-order valence-electron chi connectivity index (χ4n) is 3.25. The van der Waals surface area contributed by atoms with Crippen molar-refractivity contribution in [2.75, 3.05) is 6.61 Å². The highest BCUT2D eigenvalue weighted by molar-refractivity contribution is 6.07. The minimum absolute atomic E-state index is 0.0365. The van der Waals surface area contributed by atoms with Gasteiger partial charge in [0, 0.05) is 5.56 Å². The number of phenols is 1. The third-order valence-electron chi connectivity index (χ3n) is 4.25. The predicted molar refractivity (Wildman–Crippen MR) is 82.6 cm³/mol. The molecule has 2 aliphatic heterocycles. The highest BCUT2D eigenvalue weighted by atomic mass is 19.1. The lowest BCUT2D eigenvalue weighted by atomic mass is 9.86. The number of carboxylic acid groups (broad SMARTS) is 1. The van der Waals surface area contributed by atoms with Gasteiger partial charge in [-0.1, -0.05) is 12.1 Å². The van der Waals surface area contributed by atoms with Crippen molar-refractivity contribution in [3.63, 3.8) is 0 Å². The Labute approximate surface area is 136 Å². The van der Waals surface area contributed by atoms with Crippen LogP contribution in [0.15, 0.2) is 47.6 Å². The van der Waals surface area contributed by atoms with Gasteiger partial charge in [-0.05, 0) is 35.9 Å². The van der Waals surface area contributed by atoms with Crippen LogP contribution < -0.4 is 4.74 Å². The van der Waals surface area contributed by atoms with Gasteiger partial charge in [0.15, 0.2) is 0 Å². The largest absolute Gasteiger partial charge is 0.508 e. The quantitative estimate of drug-likeness (QED) is 0.843. The standard InChI is InChI=1S/C17H13FN2O4/c18-10-4-5-14-12(7-10)15-13(8-24-14)16(20(19-15)17(22)23)9-2-1-3-11(21)6-9/h1-7,13,16,21H,8H2,(H,22,23)/t13-,16+/m1/s1. The average molecular weight is 328 g/mol. The normalized spacial score (nSPS) is 21.5. The van der Waals surface area contributed by atoms with E-state index >= 15 is 0 Å². The molecule has 2 N–H and O–H groups in total. The van der Waals surface area contributed by atoms with Crippen molar-refractivity contribution < 1.29 is 24.1 Å². The molecule has 2 heterocycles. The van der Waals surface area contributed by atoms with Crippen molar-refractivity contribution in [3.05, 3.63) is 59.4 Å². The van der Waals surface area contributed by atoms with Crippen molar-refractivity contribution in [2.45, 2.75) is 6.04 Å². The van der Waals surface area contributed by atoms with Crippen molar-refractivity contribution in [1.29, 1.82) is 0 Å². The second-order valence-electron chi connectivity index (χ2n) is 5.71. The third-order valence-corrected chi connectivity index (χ3v) is 4.25. The van der Waals surface area contributed by atoms with Crippen LogP contribution in [0.5, 0.6) is 11.5 Å². The zero-order valence-corrected chi connectivity index (χ0v) is 12.4. The second-order valence-corrected chi connectivity index (χ2v) is 5.71. The van der Waals surface area contributed by atoms with Crippen LogP contribution in [0.4, 0.5) is 9.18 Å². The lowest BCUT2D eigenvalue weighted by Crippen LogP contribution is -2.34. The number of carbonyl (C=O) groups is 1. The second kappa shape index (κ2) is 5.23. The lowest BCUT2D eigenvalue weighted by molar-refractivity contribution is 0.118. The number of benzene rings is 2. The van der Waals surface area contributed by atoms with Crippen LogP contribution in [-0.4, -0.2) is 33.6 Å². The maximum Gasteiger partial charge on any atom is 0.428 e. The Bertz CT molecular complexity index is 867. The first-order valence-electron chi connectivity index (χ1n) is 7.37. The molecule has 0 radical (unpaired) electrons. The van der Waals surface area contributed by atoms with Gasteiger partial charge >= 0.3 is 6.09 Å². The minimum atomic E-state index is -1.22. The molecule has 6 nitrogen and oxygen atoms in total. The van der Waals surface area contributed by atoms with E-state index in [2.05, 4.69) is 5.10 Å². The van der Waals surface area contributed by atoms with Gasteiger partial charge in [0.2, 0.25) is 0 Å². The molecule has 4 rings (SSSR count). The summed E-state index contributed by atoms with van der Waals surface area (Å²) in [6.07, 6.45) is -1.22. The van der Waals surface area contributed by atoms with Crippen molar-refractivity contribution in [1.82, 2.24) is 5.01 Å². The minimum Gasteiger partial charge on any atom is -0.508 e. The molecule has 0 aliphatic carbocycles. The number of ether oxygens (including phenoxy) is 1. The number of hydrogen-bond acceptors (Lipinski definition) is 4. The van der Waals surface area contributed by atoms with Crippen LogP contribution in [0.3, 0.4) is 0 Å². The maximum atomic E-state index is 13.6. The molecular weight excluding hydrogens is 315 g/mol. The van der Waals surface area contributed by atoms with Crippen LogP contribution in [-0.2, 0) is 0 Å². The Morgan fingerprint density at radius 3 is 2.88 bits per heavy atom. The van der Waals surface area contributed by atoms with E-state index in [4.69, 9.17) is 4.74 Å². The molecular formula is C17H13FN2O4. The molecule has 0 saturated carbocycles. The number of halogens is 1. The number of aromatic hydroxyl groups is 1. The van der Waals surface area contributed by atoms with Crippen molar-refractivity contribution in [2.24, 2.45) is 11.0 Å². The summed E-state index contributed by atoms with van der Waals surface area (Å²) >= 11 is 0. The summed E-state index contributed by atoms with van der Waals surface area (Å²) in [6, 6.07) is 9.83. The number of hydrogen-bond donors (Lipinski definition) is 2. The summed E-state index contributed by atoms with van der Waals surface area (Å²) in [4.78, 5) is 11.6. The van der Waals surface area contributed by atoms with E-state index < -0.39 is 18.0 Å². The Kier molecular flexibility index (Phi) is 3.16. The number of fused-ring (bicyclic) bond motifs is 3. The van der Waals surface area contributed by atoms with E-state index in [0.29, 0.717) is 22.6 Å². The summed E-state index contributed by atoms with van der Waals surface area (Å²) in [6.45, 7) is 0.224. The Morgan fingerprint density at radius 1 is 1.29 bits per heavy atom. The highest BCUT2D eigenvalue weighted by Crippen LogP contribution is 2.43. The van der Waals surface area contributed by atoms with Gasteiger partial charge in [-0.3, -0.25) is 0 Å². The SMILES string of the molecule is O=C(O)N1N=C2c3cc(F)ccc3OC[C@H]2[C@@H]1c1cccc(O)c1. The van der Waals surface area contributed by atoms with Gasteiger partial charge in [0.25, 0.3) is 0 Å². The van der Waals surface area contributed by atoms with E-state index in [9.17, 15) is 19.4 Å². The van der Waals surface area contributed by atoms with Crippen LogP contribution >= 0.6 is 0 Å². The zero-order valence-electron chi connectivity index (χ0n) is 12.4. The van der Waals surface area contributed by atoms with Gasteiger partial charge in [-0.25, -0.2) is 9.18 Å². The van der Waals surface area contributed by atoms with Crippen LogP contribution in [0.1, 0.15) is 17.2 Å². The van der Waals surface area contributed by atoms with Crippen LogP contribution in [0.2, 0.25) is 0 Å². The maximum absolute atomic E-state index is 13.6. The fraction of sp³-hybridized carbons (Fsp3) is 0.176. The first kappa shape index (κ1) is 14.5. The molecule has 0 bridgehead atoms. The van der Waals surface area contributed by atoms with Gasteiger partial charge in [0.05, 0.1) is 24.3 Å². The molecule has 2 aromatic carbocycles. The molecule has 0 saturated heterocycles. The van der Waals surface area contributed by atoms with Gasteiger partial charge in [-0.2, -0.15) is 10.1 Å². The molecule has 7 heteroatoms. The van der Waals surface area contributed by atoms with E-state index in [1.807, 2.05) is 0 Å². The summed E-state index contributed by atoms with van der Waals surface area (Å²) in [5.41, 5.74) is 1.54. The predicted octanol–water partition coefficient (Wildman–Crippen LogP) is 2.98. The molecule has 0 spiro atoms. The van der Waals surface area contributed by atoms with E-state index in [1.54, 1.807) is 12.1 Å². The fourth-order valence-corrected chi connectivity index (χ4v) is 3.25. The van der Waals surface area contributed by atoms with Gasteiger partial charge < -0.3 is 14.9 Å². The molecule has 0 unspecified atom stereocenters. The summed E-state index contributed by atoms with van der Waals surface area (Å²) in [7, 11) is 0. The number of hydrazone groups is 1. The van der Waals surface area contributed by atoms with E-state index in [-0.39, 0.29) is 18.3 Å². The topological polar surface area (TPSA) is 82.4 Å². The first-order valence-corrected chi connectivity index (χ1v) is 7.37. The van der Waals surface area contributed by atoms with E-state index in [0.717, 1.165) is 5.01 Å². The molecule has 0 fully saturated rings. The Balaban J connectivity index is 1.83. The molecule has 122 valence electrons. The highest BCUT2D eigenvalue weighted by Gasteiger charge is 2.45. The average Bonchev–Trinajstić information content (AvgIpc) is 2.95. The summed E-state index contributed by atoms with van der Waals surface area (Å²) < 4.78 is 19.3. The van der Waals surface area contributed by atoms with E-state index in [1.165, 1.54) is 30.3 Å². The first-order chi connectivity index (χ1) is 11.5. The van der Waals surface area contributed by atoms with Crippen LogP contribution in [0.25, 0.3) is 0 Å². The summed E-state index contributed by atoms with van der Waals surface area (Å²) in [5, 5.41) is 24.4. The Hall–Kier alpha value is -3.09. The number of rotatable bonds is 1. The lowest BCUT2D eigenvalue weighted by Gasteiger charge is -2.28. The Morgan fingerprint density at radius 2 is 2.12 bits per heavy atom. The molecule has 2 aliphatic rings.